The Kier molecular flexibility index (Phi) is 3.09. The third-order valence-electron chi connectivity index (χ3n) is 3.38. The molecule has 1 aromatic rings. The quantitative estimate of drug-likeness (QED) is 0.724. The van der Waals surface area contributed by atoms with Crippen molar-refractivity contribution in [2.24, 2.45) is 5.41 Å². The van der Waals surface area contributed by atoms with Crippen molar-refractivity contribution in [2.75, 3.05) is 12.3 Å². The minimum absolute atomic E-state index is 0.172. The molecule has 1 fully saturated rings. The summed E-state index contributed by atoms with van der Waals surface area (Å²) in [5.41, 5.74) is 7.87. The average Bonchev–Trinajstić information content (AvgIpc) is 2.93. The van der Waals surface area contributed by atoms with Crippen LogP contribution in [0.5, 0.6) is 0 Å². The lowest BCUT2D eigenvalue weighted by atomic mass is 10.1. The summed E-state index contributed by atoms with van der Waals surface area (Å²) < 4.78 is 0. The van der Waals surface area contributed by atoms with Gasteiger partial charge >= 0.3 is 0 Å². The van der Waals surface area contributed by atoms with Crippen LogP contribution >= 0.6 is 0 Å². The van der Waals surface area contributed by atoms with Crippen LogP contribution in [0.2, 0.25) is 0 Å². The van der Waals surface area contributed by atoms with E-state index in [0.29, 0.717) is 23.3 Å². The highest BCUT2D eigenvalue weighted by molar-refractivity contribution is 5.97. The van der Waals surface area contributed by atoms with Crippen LogP contribution in [-0.4, -0.2) is 22.6 Å². The predicted molar refractivity (Wildman–Crippen MR) is 66.7 cm³/mol. The number of carbonyl (C=O) groups excluding carboxylic acids is 1. The van der Waals surface area contributed by atoms with Gasteiger partial charge in [0.05, 0.1) is 11.4 Å². The third kappa shape index (κ3) is 2.60. The summed E-state index contributed by atoms with van der Waals surface area (Å²) in [5.74, 6) is -0.172. The Labute approximate surface area is 101 Å². The van der Waals surface area contributed by atoms with Crippen LogP contribution in [0.3, 0.4) is 0 Å². The highest BCUT2D eigenvalue weighted by Crippen LogP contribution is 2.44. The second-order valence-corrected chi connectivity index (χ2v) is 5.21. The standard InChI is InChI=1S/C12H20N4O/c1-3-4-8-9(13)10(16-15-8)11(17)14-7-12(2)5-6-12/h3-7,13H2,1-2H3,(H,14,17)(H,15,16). The van der Waals surface area contributed by atoms with Gasteiger partial charge in [0.2, 0.25) is 0 Å². The number of hydrogen-bond donors (Lipinski definition) is 3. The van der Waals surface area contributed by atoms with Gasteiger partial charge in [-0.15, -0.1) is 0 Å². The van der Waals surface area contributed by atoms with Gasteiger partial charge in [0, 0.05) is 6.54 Å². The molecule has 1 aliphatic carbocycles. The molecule has 2 rings (SSSR count). The van der Waals surface area contributed by atoms with Crippen molar-refractivity contribution in [2.45, 2.75) is 39.5 Å². The molecule has 0 saturated heterocycles. The molecule has 0 bridgehead atoms. The Bertz CT molecular complexity index is 420. The molecule has 1 saturated carbocycles. The van der Waals surface area contributed by atoms with Crippen LogP contribution in [-0.2, 0) is 6.42 Å². The molecule has 1 aliphatic rings. The summed E-state index contributed by atoms with van der Waals surface area (Å²) in [4.78, 5) is 11.9. The first-order valence-corrected chi connectivity index (χ1v) is 6.16. The zero-order valence-corrected chi connectivity index (χ0v) is 10.5. The van der Waals surface area contributed by atoms with Crippen molar-refractivity contribution in [1.82, 2.24) is 15.5 Å². The second kappa shape index (κ2) is 4.39. The normalized spacial score (nSPS) is 16.8. The first kappa shape index (κ1) is 12.0. The molecule has 94 valence electrons. The molecule has 0 spiro atoms. The maximum atomic E-state index is 11.9. The van der Waals surface area contributed by atoms with E-state index in [4.69, 9.17) is 5.73 Å². The van der Waals surface area contributed by atoms with E-state index >= 15 is 0 Å². The number of carbonyl (C=O) groups is 1. The molecule has 5 heteroatoms. The van der Waals surface area contributed by atoms with Crippen LogP contribution in [0.15, 0.2) is 0 Å². The number of nitrogen functional groups attached to an aromatic ring is 1. The molecule has 5 nitrogen and oxygen atoms in total. The van der Waals surface area contributed by atoms with E-state index in [-0.39, 0.29) is 5.91 Å². The van der Waals surface area contributed by atoms with Crippen LogP contribution < -0.4 is 11.1 Å². The van der Waals surface area contributed by atoms with Crippen molar-refractivity contribution in [3.63, 3.8) is 0 Å². The SMILES string of the molecule is CCCc1[nH]nc(C(=O)NCC2(C)CC2)c1N. The van der Waals surface area contributed by atoms with E-state index < -0.39 is 0 Å². The fraction of sp³-hybridized carbons (Fsp3) is 0.667. The number of nitrogens with two attached hydrogens (primary N) is 1. The van der Waals surface area contributed by atoms with E-state index in [9.17, 15) is 4.79 Å². The Morgan fingerprint density at radius 3 is 2.88 bits per heavy atom. The molecule has 0 radical (unpaired) electrons. The number of amides is 1. The Morgan fingerprint density at radius 2 is 2.29 bits per heavy atom. The number of anilines is 1. The van der Waals surface area contributed by atoms with E-state index in [1.165, 1.54) is 12.8 Å². The largest absolute Gasteiger partial charge is 0.395 e. The number of H-pyrrole nitrogens is 1. The molecule has 17 heavy (non-hydrogen) atoms. The molecular formula is C12H20N4O. The second-order valence-electron chi connectivity index (χ2n) is 5.21. The van der Waals surface area contributed by atoms with E-state index in [1.807, 2.05) is 0 Å². The van der Waals surface area contributed by atoms with E-state index in [2.05, 4.69) is 29.4 Å². The van der Waals surface area contributed by atoms with Crippen molar-refractivity contribution >= 4 is 11.6 Å². The Hall–Kier alpha value is -1.52. The number of aromatic amines is 1. The summed E-state index contributed by atoms with van der Waals surface area (Å²) >= 11 is 0. The lowest BCUT2D eigenvalue weighted by Crippen LogP contribution is -2.29. The summed E-state index contributed by atoms with van der Waals surface area (Å²) in [6, 6.07) is 0. The molecule has 0 unspecified atom stereocenters. The minimum atomic E-state index is -0.172. The average molecular weight is 236 g/mol. The minimum Gasteiger partial charge on any atom is -0.395 e. The maximum Gasteiger partial charge on any atom is 0.273 e. The van der Waals surface area contributed by atoms with Crippen molar-refractivity contribution < 1.29 is 4.79 Å². The van der Waals surface area contributed by atoms with Crippen molar-refractivity contribution in [1.29, 1.82) is 0 Å². The zero-order chi connectivity index (χ0) is 12.5. The Morgan fingerprint density at radius 1 is 1.59 bits per heavy atom. The van der Waals surface area contributed by atoms with Crippen molar-refractivity contribution in [3.8, 4) is 0 Å². The smallest absolute Gasteiger partial charge is 0.273 e. The lowest BCUT2D eigenvalue weighted by Gasteiger charge is -2.08. The number of aromatic nitrogens is 2. The topological polar surface area (TPSA) is 83.8 Å². The summed E-state index contributed by atoms with van der Waals surface area (Å²) in [6.45, 7) is 4.94. The highest BCUT2D eigenvalue weighted by Gasteiger charge is 2.37. The first-order valence-electron chi connectivity index (χ1n) is 6.16. The van der Waals surface area contributed by atoms with Gasteiger partial charge in [-0.1, -0.05) is 20.3 Å². The number of hydrogen-bond acceptors (Lipinski definition) is 3. The van der Waals surface area contributed by atoms with E-state index in [0.717, 1.165) is 18.5 Å². The van der Waals surface area contributed by atoms with Crippen LogP contribution in [0.1, 0.15) is 49.3 Å². The van der Waals surface area contributed by atoms with Gasteiger partial charge in [0.15, 0.2) is 5.69 Å². The fourth-order valence-electron chi connectivity index (χ4n) is 1.77. The van der Waals surface area contributed by atoms with Gasteiger partial charge in [-0.05, 0) is 24.7 Å². The van der Waals surface area contributed by atoms with Gasteiger partial charge < -0.3 is 11.1 Å². The maximum absolute atomic E-state index is 11.9. The monoisotopic (exact) mass is 236 g/mol. The highest BCUT2D eigenvalue weighted by atomic mass is 16.1. The molecule has 4 N–H and O–H groups in total. The molecule has 1 heterocycles. The van der Waals surface area contributed by atoms with Gasteiger partial charge in [-0.2, -0.15) is 5.10 Å². The van der Waals surface area contributed by atoms with Gasteiger partial charge in [0.1, 0.15) is 0 Å². The summed E-state index contributed by atoms with van der Waals surface area (Å²) in [6.07, 6.45) is 4.17. The number of nitrogens with one attached hydrogen (secondary N) is 2. The molecular weight excluding hydrogens is 216 g/mol. The first-order chi connectivity index (χ1) is 8.06. The van der Waals surface area contributed by atoms with Gasteiger partial charge in [0.25, 0.3) is 5.91 Å². The summed E-state index contributed by atoms with van der Waals surface area (Å²) in [7, 11) is 0. The van der Waals surface area contributed by atoms with Crippen LogP contribution in [0.25, 0.3) is 0 Å². The fourth-order valence-corrected chi connectivity index (χ4v) is 1.77. The van der Waals surface area contributed by atoms with Crippen LogP contribution in [0.4, 0.5) is 5.69 Å². The lowest BCUT2D eigenvalue weighted by molar-refractivity contribution is 0.0942. The number of rotatable bonds is 5. The van der Waals surface area contributed by atoms with Gasteiger partial charge in [-0.25, -0.2) is 0 Å². The molecule has 0 atom stereocenters. The Balaban J connectivity index is 1.98. The zero-order valence-electron chi connectivity index (χ0n) is 10.5. The molecule has 1 amide bonds. The molecule has 0 aromatic carbocycles. The van der Waals surface area contributed by atoms with Gasteiger partial charge in [-0.3, -0.25) is 9.89 Å². The predicted octanol–water partition coefficient (Wildman–Crippen LogP) is 1.47. The number of nitrogens with zero attached hydrogens (tertiary/aromatic N) is 1. The molecule has 0 aliphatic heterocycles. The summed E-state index contributed by atoms with van der Waals surface area (Å²) in [5, 5.41) is 9.72. The van der Waals surface area contributed by atoms with Crippen LogP contribution in [0, 0.1) is 5.41 Å². The third-order valence-corrected chi connectivity index (χ3v) is 3.38. The van der Waals surface area contributed by atoms with Crippen molar-refractivity contribution in [3.05, 3.63) is 11.4 Å². The number of aryl methyl sites for hydroxylation is 1. The van der Waals surface area contributed by atoms with E-state index in [1.54, 1.807) is 0 Å². The molecule has 1 aromatic heterocycles.